The van der Waals surface area contributed by atoms with E-state index in [1.54, 1.807) is 0 Å². The van der Waals surface area contributed by atoms with Crippen molar-refractivity contribution in [3.63, 3.8) is 0 Å². The first-order valence-corrected chi connectivity index (χ1v) is 21.1. The Hall–Kier alpha value is -4.60. The topological polar surface area (TPSA) is 118 Å². The molecule has 0 radical (unpaired) electrons. The number of fused-ring (bicyclic) bond motifs is 1. The number of carbonyl (C=O) groups is 2. The molecule has 0 saturated heterocycles. The van der Waals surface area contributed by atoms with Gasteiger partial charge in [0.1, 0.15) is 12.4 Å². The number of benzene rings is 4. The fraction of sp³-hybridized carbons (Fsp3) is 0.356. The van der Waals surface area contributed by atoms with Gasteiger partial charge in [-0.25, -0.2) is 4.98 Å². The highest BCUT2D eigenvalue weighted by atomic mass is 32.2. The highest BCUT2D eigenvalue weighted by Crippen LogP contribution is 2.36. The molecule has 1 N–H and O–H groups in total. The van der Waals surface area contributed by atoms with Crippen molar-refractivity contribution in [3.05, 3.63) is 124 Å². The van der Waals surface area contributed by atoms with E-state index < -0.39 is 0 Å². The third kappa shape index (κ3) is 13.0. The van der Waals surface area contributed by atoms with Crippen LogP contribution in [0.2, 0.25) is 0 Å². The van der Waals surface area contributed by atoms with Crippen molar-refractivity contribution < 1.29 is 37.5 Å². The van der Waals surface area contributed by atoms with E-state index in [2.05, 4.69) is 30.4 Å². The maximum absolute atomic E-state index is 13.3. The van der Waals surface area contributed by atoms with Crippen LogP contribution < -0.4 is 15.0 Å². The van der Waals surface area contributed by atoms with Crippen molar-refractivity contribution in [1.82, 2.24) is 4.98 Å². The van der Waals surface area contributed by atoms with E-state index in [4.69, 9.17) is 32.9 Å². The standard InChI is InChI=1S/C45H51N3O8S2/c1-32-11-14-39(15-12-32)58-56-28-26-54-24-22-52-20-19-51-21-23-53-25-27-55-38-9-6-8-35(29-38)30-42(49)46-45-47-43(34(3)57-45)37-13-16-41-36(31-37)17-18-48(41)44(50)40-10-5-4-7-33(40)2/h4-16,29,31H,17-28,30H2,1-3H3,(H,46,47,49). The Morgan fingerprint density at radius 2 is 1.45 bits per heavy atom. The van der Waals surface area contributed by atoms with Crippen LogP contribution in [0.3, 0.4) is 0 Å². The fourth-order valence-electron chi connectivity index (χ4n) is 6.31. The molecule has 0 bridgehead atoms. The number of hydrogen-bond acceptors (Lipinski definition) is 11. The van der Waals surface area contributed by atoms with E-state index in [9.17, 15) is 9.59 Å². The zero-order chi connectivity index (χ0) is 40.5. The number of nitrogens with zero attached hydrogens (tertiary/aromatic N) is 2. The lowest BCUT2D eigenvalue weighted by Gasteiger charge is -2.18. The van der Waals surface area contributed by atoms with Crippen molar-refractivity contribution in [1.29, 1.82) is 0 Å². The monoisotopic (exact) mass is 825 g/mol. The van der Waals surface area contributed by atoms with E-state index in [1.807, 2.05) is 91.5 Å². The first kappa shape index (κ1) is 43.0. The Morgan fingerprint density at radius 3 is 2.17 bits per heavy atom. The summed E-state index contributed by atoms with van der Waals surface area (Å²) in [4.78, 5) is 35.1. The summed E-state index contributed by atoms with van der Waals surface area (Å²) >= 11 is 2.80. The molecule has 0 unspecified atom stereocenters. The third-order valence-corrected chi connectivity index (χ3v) is 10.9. The van der Waals surface area contributed by atoms with Crippen LogP contribution >= 0.6 is 23.4 Å². The number of aryl methyl sites for hydroxylation is 3. The molecule has 4 aromatic carbocycles. The number of anilines is 2. The van der Waals surface area contributed by atoms with Gasteiger partial charge in [0.15, 0.2) is 5.13 Å². The van der Waals surface area contributed by atoms with Crippen molar-refractivity contribution in [2.24, 2.45) is 0 Å². The van der Waals surface area contributed by atoms with Gasteiger partial charge in [-0.15, -0.1) is 11.3 Å². The Kier molecular flexibility index (Phi) is 16.7. The molecule has 1 aliphatic rings. The van der Waals surface area contributed by atoms with Gasteiger partial charge in [0.2, 0.25) is 5.91 Å². The van der Waals surface area contributed by atoms with Gasteiger partial charge >= 0.3 is 0 Å². The molecule has 5 aromatic rings. The highest BCUT2D eigenvalue weighted by molar-refractivity contribution is 7.94. The molecule has 306 valence electrons. The third-order valence-electron chi connectivity index (χ3n) is 9.27. The Labute approximate surface area is 349 Å². The molecule has 0 fully saturated rings. The average Bonchev–Trinajstić information content (AvgIpc) is 3.82. The van der Waals surface area contributed by atoms with Crippen molar-refractivity contribution in [3.8, 4) is 17.0 Å². The van der Waals surface area contributed by atoms with E-state index in [1.165, 1.54) is 28.9 Å². The second-order valence-electron chi connectivity index (χ2n) is 13.7. The molecule has 2 heterocycles. The number of rotatable bonds is 23. The Morgan fingerprint density at radius 1 is 0.759 bits per heavy atom. The zero-order valence-electron chi connectivity index (χ0n) is 33.3. The minimum atomic E-state index is -0.159. The van der Waals surface area contributed by atoms with E-state index in [0.29, 0.717) is 83.5 Å². The molecular formula is C45H51N3O8S2. The predicted molar refractivity (Wildman–Crippen MR) is 229 cm³/mol. The van der Waals surface area contributed by atoms with Gasteiger partial charge in [0, 0.05) is 45.2 Å². The maximum Gasteiger partial charge on any atom is 0.258 e. The minimum absolute atomic E-state index is 0.0198. The number of thiazole rings is 1. The van der Waals surface area contributed by atoms with Gasteiger partial charge in [-0.1, -0.05) is 54.1 Å². The zero-order valence-corrected chi connectivity index (χ0v) is 35.0. The van der Waals surface area contributed by atoms with Crippen LogP contribution in [0, 0.1) is 20.8 Å². The van der Waals surface area contributed by atoms with Gasteiger partial charge in [-0.3, -0.25) is 9.59 Å². The van der Waals surface area contributed by atoms with Crippen LogP contribution in [0.5, 0.6) is 5.75 Å². The van der Waals surface area contributed by atoms with Crippen LogP contribution in [0.4, 0.5) is 10.8 Å². The van der Waals surface area contributed by atoms with Gasteiger partial charge in [-0.2, -0.15) is 0 Å². The van der Waals surface area contributed by atoms with E-state index >= 15 is 0 Å². The molecule has 6 rings (SSSR count). The molecule has 1 aromatic heterocycles. The summed E-state index contributed by atoms with van der Waals surface area (Å²) < 4.78 is 33.7. The normalized spacial score (nSPS) is 12.2. The van der Waals surface area contributed by atoms with Gasteiger partial charge < -0.3 is 38.1 Å². The molecule has 11 nitrogen and oxygen atoms in total. The van der Waals surface area contributed by atoms with Crippen LogP contribution in [-0.4, -0.2) is 89.4 Å². The number of nitrogens with one attached hydrogen (secondary N) is 1. The summed E-state index contributed by atoms with van der Waals surface area (Å²) in [6.07, 6.45) is 0.961. The molecule has 58 heavy (non-hydrogen) atoms. The smallest absolute Gasteiger partial charge is 0.258 e. The molecule has 0 spiro atoms. The second-order valence-corrected chi connectivity index (χ2v) is 15.8. The second kappa shape index (κ2) is 22.5. The molecular weight excluding hydrogens is 775 g/mol. The van der Waals surface area contributed by atoms with Crippen molar-refractivity contribution >= 4 is 46.0 Å². The minimum Gasteiger partial charge on any atom is -0.491 e. The van der Waals surface area contributed by atoms with Crippen molar-refractivity contribution in [2.45, 2.75) is 38.5 Å². The molecule has 0 atom stereocenters. The van der Waals surface area contributed by atoms with Gasteiger partial charge in [-0.05, 0) is 86.3 Å². The fourth-order valence-corrected chi connectivity index (χ4v) is 7.69. The summed E-state index contributed by atoms with van der Waals surface area (Å²) in [6.45, 7) is 11.4. The molecule has 0 aliphatic carbocycles. The van der Waals surface area contributed by atoms with Crippen LogP contribution in [0.1, 0.15) is 37.5 Å². The SMILES string of the molecule is Cc1ccc(SOCCOCCOCCOCCOCCOc2cccc(CC(=O)Nc3nc(-c4ccc5c(c4)CCN5C(=O)c4ccccc4C)c(C)s3)c2)cc1. The van der Waals surface area contributed by atoms with Crippen LogP contribution in [-0.2, 0) is 40.8 Å². The van der Waals surface area contributed by atoms with Crippen LogP contribution in [0.25, 0.3) is 11.3 Å². The molecule has 2 amide bonds. The van der Waals surface area contributed by atoms with Gasteiger partial charge in [0.05, 0.1) is 71.6 Å². The number of hydrogen-bond donors (Lipinski definition) is 1. The van der Waals surface area contributed by atoms with E-state index in [0.717, 1.165) is 55.4 Å². The van der Waals surface area contributed by atoms with Crippen molar-refractivity contribution in [2.75, 3.05) is 82.8 Å². The number of ether oxygens (including phenoxy) is 5. The van der Waals surface area contributed by atoms with E-state index in [-0.39, 0.29) is 18.2 Å². The highest BCUT2D eigenvalue weighted by Gasteiger charge is 2.27. The Bertz CT molecular complexity index is 2090. The maximum atomic E-state index is 13.3. The molecule has 1 aliphatic heterocycles. The number of carbonyl (C=O) groups excluding carboxylic acids is 2. The number of aromatic nitrogens is 1. The lowest BCUT2D eigenvalue weighted by molar-refractivity contribution is -0.115. The Balaban J connectivity index is 0.815. The first-order chi connectivity index (χ1) is 28.3. The molecule has 0 saturated carbocycles. The summed E-state index contributed by atoms with van der Waals surface area (Å²) in [6, 6.07) is 29.5. The summed E-state index contributed by atoms with van der Waals surface area (Å²) in [5.74, 6) is 0.530. The molecule has 13 heteroatoms. The number of amides is 2. The largest absolute Gasteiger partial charge is 0.491 e. The first-order valence-electron chi connectivity index (χ1n) is 19.5. The lowest BCUT2D eigenvalue weighted by atomic mass is 10.0. The van der Waals surface area contributed by atoms with Gasteiger partial charge in [0.25, 0.3) is 5.91 Å². The summed E-state index contributed by atoms with van der Waals surface area (Å²) in [5.41, 5.74) is 7.59. The predicted octanol–water partition coefficient (Wildman–Crippen LogP) is 8.29. The quantitative estimate of drug-likeness (QED) is 0.0510. The van der Waals surface area contributed by atoms with Crippen LogP contribution in [0.15, 0.2) is 95.9 Å². The summed E-state index contributed by atoms with van der Waals surface area (Å²) in [5, 5.41) is 3.52. The average molecular weight is 826 g/mol. The summed E-state index contributed by atoms with van der Waals surface area (Å²) in [7, 11) is 0. The lowest BCUT2D eigenvalue weighted by Crippen LogP contribution is -2.29.